The Hall–Kier alpha value is -1.54. The van der Waals surface area contributed by atoms with Crippen molar-refractivity contribution in [2.24, 2.45) is 11.8 Å². The first-order valence-electron chi connectivity index (χ1n) is 10.9. The Morgan fingerprint density at radius 1 is 1.30 bits per heavy atom. The minimum Gasteiger partial charge on any atom is -0.491 e. The van der Waals surface area contributed by atoms with Crippen LogP contribution in [-0.4, -0.2) is 61.8 Å². The van der Waals surface area contributed by atoms with Gasteiger partial charge in [-0.1, -0.05) is 19.8 Å². The molecule has 30 heavy (non-hydrogen) atoms. The van der Waals surface area contributed by atoms with Crippen LogP contribution in [-0.2, 0) is 25.4 Å². The van der Waals surface area contributed by atoms with Gasteiger partial charge in [-0.25, -0.2) is 0 Å². The van der Waals surface area contributed by atoms with E-state index in [1.807, 2.05) is 12.1 Å². The van der Waals surface area contributed by atoms with Gasteiger partial charge in [0, 0.05) is 57.0 Å². The molecule has 1 heterocycles. The first kappa shape index (κ1) is 24.7. The average Bonchev–Trinajstić information content (AvgIpc) is 2.74. The number of pyridine rings is 1. The number of rotatable bonds is 13. The van der Waals surface area contributed by atoms with Crippen molar-refractivity contribution >= 4 is 5.78 Å². The Morgan fingerprint density at radius 3 is 2.77 bits per heavy atom. The molecule has 1 aliphatic rings. The topological polar surface area (TPSA) is 87.1 Å². The molecule has 1 saturated carbocycles. The van der Waals surface area contributed by atoms with Gasteiger partial charge in [0.25, 0.3) is 0 Å². The summed E-state index contributed by atoms with van der Waals surface area (Å²) in [5.41, 5.74) is -0.512. The van der Waals surface area contributed by atoms with Gasteiger partial charge in [0.15, 0.2) is 5.78 Å². The molecule has 0 saturated heterocycles. The Kier molecular flexibility index (Phi) is 10.2. The zero-order valence-electron chi connectivity index (χ0n) is 18.8. The third kappa shape index (κ3) is 6.23. The molecular formula is C23H37NO6. The minimum atomic E-state index is -1.20. The maximum absolute atomic E-state index is 13.5. The second-order valence-corrected chi connectivity index (χ2v) is 8.14. The van der Waals surface area contributed by atoms with Gasteiger partial charge in [-0.2, -0.15) is 0 Å². The fraction of sp³-hybridized carbons (Fsp3) is 0.739. The Labute approximate surface area is 180 Å². The van der Waals surface area contributed by atoms with E-state index in [4.69, 9.17) is 18.9 Å². The second-order valence-electron chi connectivity index (χ2n) is 8.14. The summed E-state index contributed by atoms with van der Waals surface area (Å²) < 4.78 is 22.4. The Bertz CT molecular complexity index is 654. The number of hydrogen-bond donors (Lipinski definition) is 1. The molecule has 4 atom stereocenters. The van der Waals surface area contributed by atoms with Crippen LogP contribution in [0.3, 0.4) is 0 Å². The van der Waals surface area contributed by atoms with Gasteiger partial charge >= 0.3 is 0 Å². The average molecular weight is 424 g/mol. The molecule has 7 heteroatoms. The molecular weight excluding hydrogens is 386 g/mol. The number of Topliss-reactive ketones (excluding diaryl/α,β-unsaturated/α-hetero) is 1. The van der Waals surface area contributed by atoms with E-state index >= 15 is 0 Å². The number of carbonyl (C=O) groups excluding carboxylic acids is 1. The Balaban J connectivity index is 2.28. The third-order valence-corrected chi connectivity index (χ3v) is 5.87. The summed E-state index contributed by atoms with van der Waals surface area (Å²) in [5.74, 6) is 0.0603. The number of ether oxygens (including phenoxy) is 4. The number of aromatic nitrogens is 1. The summed E-state index contributed by atoms with van der Waals surface area (Å²) in [4.78, 5) is 17.9. The molecule has 0 amide bonds. The van der Waals surface area contributed by atoms with E-state index in [9.17, 15) is 9.90 Å². The van der Waals surface area contributed by atoms with Gasteiger partial charge in [-0.05, 0) is 32.3 Å². The van der Waals surface area contributed by atoms with Crippen molar-refractivity contribution in [3.63, 3.8) is 0 Å². The number of ketones is 1. The SMILES string of the molecule is CCCC[C@@H](C)Oc1ccnc(C[C@]2(OCOC)C(=O)C(COC)CC[C@H]2CO)c1. The van der Waals surface area contributed by atoms with Crippen molar-refractivity contribution in [3.05, 3.63) is 24.0 Å². The number of nitrogens with zero attached hydrogens (tertiary/aromatic N) is 1. The first-order valence-corrected chi connectivity index (χ1v) is 10.9. The molecule has 170 valence electrons. The molecule has 1 N–H and O–H groups in total. The van der Waals surface area contributed by atoms with Gasteiger partial charge in [0.1, 0.15) is 18.1 Å². The molecule has 1 aliphatic carbocycles. The number of hydrogen-bond acceptors (Lipinski definition) is 7. The van der Waals surface area contributed by atoms with Crippen LogP contribution in [0.4, 0.5) is 0 Å². The summed E-state index contributed by atoms with van der Waals surface area (Å²) in [6.07, 6.45) is 6.61. The van der Waals surface area contributed by atoms with Crippen molar-refractivity contribution in [3.8, 4) is 5.75 Å². The fourth-order valence-corrected chi connectivity index (χ4v) is 4.23. The molecule has 1 aromatic heterocycles. The highest BCUT2D eigenvalue weighted by Crippen LogP contribution is 2.40. The molecule has 0 aliphatic heterocycles. The minimum absolute atomic E-state index is 0.0355. The standard InChI is InChI=1S/C23H37NO6/c1-5-6-7-17(2)30-21-10-11-24-20(12-21)13-23(29-16-28-4)19(14-25)9-8-18(15-27-3)22(23)26/h10-12,17-19,25H,5-9,13-16H2,1-4H3/t17-,18?,19+,23-/m1/s1. The van der Waals surface area contributed by atoms with Crippen LogP contribution >= 0.6 is 0 Å². The molecule has 7 nitrogen and oxygen atoms in total. The van der Waals surface area contributed by atoms with Gasteiger partial charge in [0.05, 0.1) is 12.7 Å². The molecule has 0 aromatic carbocycles. The van der Waals surface area contributed by atoms with Crippen LogP contribution in [0.15, 0.2) is 18.3 Å². The summed E-state index contributed by atoms with van der Waals surface area (Å²) >= 11 is 0. The molecule has 0 spiro atoms. The van der Waals surface area contributed by atoms with Crippen molar-refractivity contribution < 1.29 is 28.8 Å². The zero-order chi connectivity index (χ0) is 22.0. The molecule has 0 bridgehead atoms. The highest BCUT2D eigenvalue weighted by Gasteiger charge is 2.52. The number of aliphatic hydroxyl groups excluding tert-OH is 1. The third-order valence-electron chi connectivity index (χ3n) is 5.87. The smallest absolute Gasteiger partial charge is 0.170 e. The lowest BCUT2D eigenvalue weighted by Gasteiger charge is -2.44. The van der Waals surface area contributed by atoms with E-state index in [2.05, 4.69) is 18.8 Å². The first-order chi connectivity index (χ1) is 14.5. The summed E-state index contributed by atoms with van der Waals surface area (Å²) in [5, 5.41) is 10.0. The maximum Gasteiger partial charge on any atom is 0.170 e. The lowest BCUT2D eigenvalue weighted by molar-refractivity contribution is -0.192. The fourth-order valence-electron chi connectivity index (χ4n) is 4.23. The van der Waals surface area contributed by atoms with Crippen LogP contribution in [0.1, 0.15) is 51.6 Å². The highest BCUT2D eigenvalue weighted by atomic mass is 16.7. The predicted molar refractivity (Wildman–Crippen MR) is 113 cm³/mol. The van der Waals surface area contributed by atoms with E-state index in [0.717, 1.165) is 25.0 Å². The van der Waals surface area contributed by atoms with Crippen LogP contribution in [0, 0.1) is 11.8 Å². The van der Waals surface area contributed by atoms with Crippen LogP contribution in [0.5, 0.6) is 5.75 Å². The van der Waals surface area contributed by atoms with Gasteiger partial charge in [0.2, 0.25) is 0 Å². The predicted octanol–water partition coefficient (Wildman–Crippen LogP) is 3.17. The molecule has 1 aromatic rings. The van der Waals surface area contributed by atoms with Crippen LogP contribution in [0.25, 0.3) is 0 Å². The quantitative estimate of drug-likeness (QED) is 0.488. The Morgan fingerprint density at radius 2 is 2.10 bits per heavy atom. The highest BCUT2D eigenvalue weighted by molar-refractivity contribution is 5.91. The maximum atomic E-state index is 13.5. The van der Waals surface area contributed by atoms with E-state index in [1.54, 1.807) is 13.3 Å². The van der Waals surface area contributed by atoms with Crippen LogP contribution in [0.2, 0.25) is 0 Å². The van der Waals surface area contributed by atoms with Crippen molar-refractivity contribution in [2.45, 2.75) is 64.1 Å². The second kappa shape index (κ2) is 12.3. The lowest BCUT2D eigenvalue weighted by atomic mass is 9.68. The number of methoxy groups -OCH3 is 2. The number of carbonyl (C=O) groups is 1. The molecule has 2 rings (SSSR count). The van der Waals surface area contributed by atoms with E-state index in [-0.39, 0.29) is 43.5 Å². The van der Waals surface area contributed by atoms with Crippen molar-refractivity contribution in [1.29, 1.82) is 0 Å². The van der Waals surface area contributed by atoms with E-state index in [0.29, 0.717) is 25.1 Å². The van der Waals surface area contributed by atoms with Crippen LogP contribution < -0.4 is 4.74 Å². The molecule has 1 fully saturated rings. The largest absolute Gasteiger partial charge is 0.491 e. The monoisotopic (exact) mass is 423 g/mol. The summed E-state index contributed by atoms with van der Waals surface area (Å²) in [6, 6.07) is 3.69. The molecule has 1 unspecified atom stereocenters. The van der Waals surface area contributed by atoms with E-state index < -0.39 is 5.60 Å². The number of aliphatic hydroxyl groups is 1. The summed E-state index contributed by atoms with van der Waals surface area (Å²) in [6.45, 7) is 4.37. The number of unbranched alkanes of at least 4 members (excludes halogenated alkanes) is 1. The van der Waals surface area contributed by atoms with Gasteiger partial charge in [-0.3, -0.25) is 9.78 Å². The lowest BCUT2D eigenvalue weighted by Crippen LogP contribution is -2.58. The van der Waals surface area contributed by atoms with Crippen molar-refractivity contribution in [2.75, 3.05) is 34.2 Å². The van der Waals surface area contributed by atoms with Crippen molar-refractivity contribution in [1.82, 2.24) is 4.98 Å². The summed E-state index contributed by atoms with van der Waals surface area (Å²) in [7, 11) is 3.11. The van der Waals surface area contributed by atoms with Gasteiger partial charge in [-0.15, -0.1) is 0 Å². The van der Waals surface area contributed by atoms with E-state index in [1.165, 1.54) is 7.11 Å². The normalized spacial score (nSPS) is 25.3. The molecule has 0 radical (unpaired) electrons. The van der Waals surface area contributed by atoms with Gasteiger partial charge < -0.3 is 24.1 Å². The zero-order valence-corrected chi connectivity index (χ0v) is 18.8.